The first-order chi connectivity index (χ1) is 12.8. The van der Waals surface area contributed by atoms with Gasteiger partial charge in [0.15, 0.2) is 5.82 Å². The third-order valence-corrected chi connectivity index (χ3v) is 4.88. The Morgan fingerprint density at radius 2 is 2.00 bits per heavy atom. The Morgan fingerprint density at radius 1 is 1.25 bits per heavy atom. The molecule has 0 saturated carbocycles. The molecule has 0 spiro atoms. The summed E-state index contributed by atoms with van der Waals surface area (Å²) in [6.45, 7) is 1.97. The summed E-state index contributed by atoms with van der Waals surface area (Å²) < 4.78 is 33.4. The van der Waals surface area contributed by atoms with E-state index < -0.39 is 15.9 Å². The zero-order valence-corrected chi connectivity index (χ0v) is 20.1. The van der Waals surface area contributed by atoms with Crippen LogP contribution >= 0.6 is 15.9 Å². The molecule has 146 valence electrons. The van der Waals surface area contributed by atoms with E-state index in [0.717, 1.165) is 10.9 Å². The molecule has 1 aromatic carbocycles. The van der Waals surface area contributed by atoms with E-state index in [1.165, 1.54) is 6.07 Å². The van der Waals surface area contributed by atoms with E-state index in [-0.39, 0.29) is 53.5 Å². The Bertz CT molecular complexity index is 895. The predicted octanol–water partition coefficient (Wildman–Crippen LogP) is 1.48. The van der Waals surface area contributed by atoms with E-state index in [1.54, 1.807) is 30.5 Å². The summed E-state index contributed by atoms with van der Waals surface area (Å²) in [5, 5.41) is 21.2. The fourth-order valence-corrected chi connectivity index (χ4v) is 3.20. The van der Waals surface area contributed by atoms with Crippen LogP contribution in [0.25, 0.3) is 0 Å². The number of hydrogen-bond donors (Lipinski definition) is 2. The molecule has 8 nitrogen and oxygen atoms in total. The number of benzene rings is 1. The van der Waals surface area contributed by atoms with Gasteiger partial charge in [-0.2, -0.15) is 0 Å². The first-order valence-corrected chi connectivity index (χ1v) is 10.7. The van der Waals surface area contributed by atoms with Gasteiger partial charge in [-0.25, -0.2) is 13.4 Å². The van der Waals surface area contributed by atoms with Gasteiger partial charge in [0.05, 0.1) is 10.1 Å². The van der Waals surface area contributed by atoms with Crippen molar-refractivity contribution in [2.24, 2.45) is 10.2 Å². The first-order valence-electron chi connectivity index (χ1n) is 8.33. The van der Waals surface area contributed by atoms with Crippen molar-refractivity contribution in [1.29, 1.82) is 0 Å². The van der Waals surface area contributed by atoms with Crippen LogP contribution in [-0.2, 0) is 10.1 Å². The fraction of sp³-hybridized carbons (Fsp3) is 0.353. The van der Waals surface area contributed by atoms with Gasteiger partial charge in [-0.05, 0) is 53.0 Å². The Hall–Kier alpha value is -1.04. The largest absolute Gasteiger partial charge is 1.00 e. The van der Waals surface area contributed by atoms with E-state index in [4.69, 9.17) is 0 Å². The average Bonchev–Trinajstić information content (AvgIpc) is 2.60. The molecule has 0 saturated heterocycles. The van der Waals surface area contributed by atoms with Crippen molar-refractivity contribution in [3.8, 4) is 5.75 Å². The van der Waals surface area contributed by atoms with Crippen LogP contribution in [0.4, 0.5) is 17.2 Å². The van der Waals surface area contributed by atoms with Gasteiger partial charge in [-0.1, -0.05) is 13.3 Å². The zero-order chi connectivity index (χ0) is 19.9. The quantitative estimate of drug-likeness (QED) is 0.319. The monoisotopic (exact) mass is 478 g/mol. The number of phenolic OH excluding ortho intramolecular Hbond substituents is 1. The molecule has 0 fully saturated rings. The van der Waals surface area contributed by atoms with Gasteiger partial charge in [-0.15, -0.1) is 10.2 Å². The minimum Gasteiger partial charge on any atom is -0.748 e. The van der Waals surface area contributed by atoms with Crippen LogP contribution < -0.4 is 34.9 Å². The Balaban J connectivity index is 0.00000392. The maximum absolute atomic E-state index is 10.8. The molecule has 0 aliphatic heterocycles. The van der Waals surface area contributed by atoms with Crippen molar-refractivity contribution in [1.82, 2.24) is 4.98 Å². The number of anilines is 1. The molecular weight excluding hydrogens is 459 g/mol. The van der Waals surface area contributed by atoms with E-state index in [2.05, 4.69) is 36.5 Å². The summed E-state index contributed by atoms with van der Waals surface area (Å²) in [6, 6.07) is 8.06. The van der Waals surface area contributed by atoms with Crippen LogP contribution in [0, 0.1) is 0 Å². The molecule has 0 radical (unpaired) electrons. The number of rotatable bonds is 9. The van der Waals surface area contributed by atoms with Gasteiger partial charge in [0.1, 0.15) is 11.4 Å². The molecule has 2 rings (SSSR count). The number of halogens is 1. The van der Waals surface area contributed by atoms with Gasteiger partial charge in [0.2, 0.25) is 0 Å². The summed E-state index contributed by atoms with van der Waals surface area (Å²) in [4.78, 5) is 4.06. The number of azo groups is 1. The zero-order valence-electron chi connectivity index (χ0n) is 15.7. The first kappa shape index (κ1) is 25.0. The molecule has 11 heteroatoms. The van der Waals surface area contributed by atoms with E-state index in [1.807, 2.05) is 6.92 Å². The third kappa shape index (κ3) is 8.97. The number of pyridine rings is 1. The number of phenols is 1. The summed E-state index contributed by atoms with van der Waals surface area (Å²) in [5.41, 5.74) is 0.884. The molecule has 0 amide bonds. The summed E-state index contributed by atoms with van der Waals surface area (Å²) in [5.74, 6) is -0.0995. The van der Waals surface area contributed by atoms with Gasteiger partial charge < -0.3 is 15.0 Å². The van der Waals surface area contributed by atoms with E-state index in [9.17, 15) is 18.1 Å². The number of nitrogens with one attached hydrogen (secondary N) is 1. The van der Waals surface area contributed by atoms with Crippen LogP contribution in [0.2, 0.25) is 0 Å². The van der Waals surface area contributed by atoms with Crippen molar-refractivity contribution in [3.05, 3.63) is 41.0 Å². The molecule has 2 N–H and O–H groups in total. The predicted molar refractivity (Wildman–Crippen MR) is 106 cm³/mol. The summed E-state index contributed by atoms with van der Waals surface area (Å²) in [7, 11) is -4.26. The molecule has 1 atom stereocenters. The number of aromatic nitrogens is 1. The van der Waals surface area contributed by atoms with E-state index in [0.29, 0.717) is 17.9 Å². The average molecular weight is 479 g/mol. The normalized spacial score (nSPS) is 12.5. The van der Waals surface area contributed by atoms with Gasteiger partial charge >= 0.3 is 29.6 Å². The van der Waals surface area contributed by atoms with Gasteiger partial charge in [0.25, 0.3) is 0 Å². The van der Waals surface area contributed by atoms with Crippen molar-refractivity contribution >= 4 is 43.2 Å². The number of nitrogens with zero attached hydrogens (tertiary/aromatic N) is 3. The molecule has 2 aromatic rings. The molecule has 0 aliphatic carbocycles. The maximum atomic E-state index is 10.8. The van der Waals surface area contributed by atoms with Crippen LogP contribution in [0.3, 0.4) is 0 Å². The molecule has 1 aromatic heterocycles. The molecule has 0 bridgehead atoms. The molecule has 0 aliphatic rings. The SMILES string of the molecule is CCCC(CCS(=O)(=O)[O-])Nc1ccc(N=Nc2ccc(Br)cn2)c(O)c1.[Na+]. The maximum Gasteiger partial charge on any atom is 1.00 e. The molecule has 1 heterocycles. The summed E-state index contributed by atoms with van der Waals surface area (Å²) in [6.07, 6.45) is 3.33. The number of hydrogen-bond acceptors (Lipinski definition) is 8. The molecule has 1 unspecified atom stereocenters. The fourth-order valence-electron chi connectivity index (χ4n) is 2.39. The standard InChI is InChI=1S/C17H21BrN4O4S.Na/c1-2-3-13(8-9-27(24,25)26)20-14-5-6-15(16(23)10-14)21-22-17-7-4-12(18)11-19-17;/h4-7,10-11,13,20,23H,2-3,8-9H2,1H3,(H,24,25,26);/q;+1/p-1. The van der Waals surface area contributed by atoms with Gasteiger partial charge in [0, 0.05) is 34.2 Å². The van der Waals surface area contributed by atoms with Crippen molar-refractivity contribution in [2.45, 2.75) is 32.2 Å². The van der Waals surface area contributed by atoms with Crippen molar-refractivity contribution < 1.29 is 47.6 Å². The molecular formula is C17H20BrN4NaO4S. The third-order valence-electron chi connectivity index (χ3n) is 3.67. The van der Waals surface area contributed by atoms with Crippen molar-refractivity contribution in [3.63, 3.8) is 0 Å². The summed E-state index contributed by atoms with van der Waals surface area (Å²) >= 11 is 3.28. The van der Waals surface area contributed by atoms with E-state index >= 15 is 0 Å². The van der Waals surface area contributed by atoms with Crippen LogP contribution in [0.15, 0.2) is 51.2 Å². The van der Waals surface area contributed by atoms with Gasteiger partial charge in [-0.3, -0.25) is 0 Å². The Morgan fingerprint density at radius 3 is 2.57 bits per heavy atom. The molecule has 28 heavy (non-hydrogen) atoms. The van der Waals surface area contributed by atoms with Crippen LogP contribution in [0.1, 0.15) is 26.2 Å². The number of aromatic hydroxyl groups is 1. The van der Waals surface area contributed by atoms with Crippen LogP contribution in [0.5, 0.6) is 5.75 Å². The Kier molecular flexibility index (Phi) is 10.6. The second kappa shape index (κ2) is 11.8. The van der Waals surface area contributed by atoms with Crippen molar-refractivity contribution in [2.75, 3.05) is 11.1 Å². The minimum absolute atomic E-state index is 0. The second-order valence-electron chi connectivity index (χ2n) is 5.92. The minimum atomic E-state index is -4.26. The smallest absolute Gasteiger partial charge is 0.748 e. The topological polar surface area (TPSA) is 127 Å². The van der Waals surface area contributed by atoms with Crippen LogP contribution in [-0.4, -0.2) is 34.9 Å². The second-order valence-corrected chi connectivity index (χ2v) is 8.36. The Labute approximate surface area is 195 Å².